The van der Waals surface area contributed by atoms with E-state index in [2.05, 4.69) is 4.90 Å². The summed E-state index contributed by atoms with van der Waals surface area (Å²) in [5.74, 6) is 1.13. The Labute approximate surface area is 155 Å². The molecule has 2 heterocycles. The van der Waals surface area contributed by atoms with Gasteiger partial charge in [0.05, 0.1) is 6.61 Å². The predicted molar refractivity (Wildman–Crippen MR) is 99.8 cm³/mol. The van der Waals surface area contributed by atoms with Crippen LogP contribution >= 0.6 is 0 Å². The fourth-order valence-electron chi connectivity index (χ4n) is 4.05. The number of hydrogen-bond donors (Lipinski definition) is 2. The second-order valence-electron chi connectivity index (χ2n) is 7.72. The summed E-state index contributed by atoms with van der Waals surface area (Å²) in [5, 5.41) is 19.4. The molecule has 0 aliphatic carbocycles. The van der Waals surface area contributed by atoms with Gasteiger partial charge in [-0.05, 0) is 50.8 Å². The van der Waals surface area contributed by atoms with Crippen molar-refractivity contribution in [2.75, 3.05) is 39.3 Å². The molecular weight excluding hydrogens is 332 g/mol. The normalized spacial score (nSPS) is 23.5. The lowest BCUT2D eigenvalue weighted by Gasteiger charge is -2.42. The number of β-amino-alcohol motifs (C(OH)–C–C–N with tert-alkyl or cyclic N) is 1. The first kappa shape index (κ1) is 19.0. The Kier molecular flexibility index (Phi) is 5.17. The highest BCUT2D eigenvalue weighted by Gasteiger charge is 2.43. The minimum Gasteiger partial charge on any atom is -0.507 e. The Morgan fingerprint density at radius 1 is 1.12 bits per heavy atom. The number of rotatable bonds is 3. The van der Waals surface area contributed by atoms with Gasteiger partial charge in [-0.2, -0.15) is 0 Å². The number of hydrogen-bond acceptors (Lipinski definition) is 5. The number of aliphatic hydroxyl groups is 1. The fourth-order valence-corrected chi connectivity index (χ4v) is 4.05. The highest BCUT2D eigenvalue weighted by Crippen LogP contribution is 2.43. The van der Waals surface area contributed by atoms with Crippen molar-refractivity contribution >= 4 is 5.91 Å². The molecule has 1 aromatic carbocycles. The Morgan fingerprint density at radius 2 is 1.77 bits per heavy atom. The summed E-state index contributed by atoms with van der Waals surface area (Å²) in [6, 6.07) is 0. The summed E-state index contributed by atoms with van der Waals surface area (Å²) in [5.41, 5.74) is 2.73. The molecule has 6 nitrogen and oxygen atoms in total. The van der Waals surface area contributed by atoms with Crippen LogP contribution in [0, 0.1) is 20.8 Å². The van der Waals surface area contributed by atoms with Crippen molar-refractivity contribution in [1.29, 1.82) is 0 Å². The van der Waals surface area contributed by atoms with E-state index in [1.807, 2.05) is 32.6 Å². The minimum absolute atomic E-state index is 0.0366. The van der Waals surface area contributed by atoms with Gasteiger partial charge in [0.15, 0.2) is 5.60 Å². The SMILES string of the molecule is Cc1c(C)c2c(c(C)c1O)CCC(C)(C(=O)N1CCN(CCO)CC1)O2. The molecule has 2 aliphatic rings. The first-order chi connectivity index (χ1) is 12.3. The number of carbonyl (C=O) groups excluding carboxylic acids is 1. The van der Waals surface area contributed by atoms with E-state index in [-0.39, 0.29) is 12.5 Å². The molecule has 1 unspecified atom stereocenters. The lowest BCUT2D eigenvalue weighted by atomic mass is 9.86. The van der Waals surface area contributed by atoms with Crippen molar-refractivity contribution in [2.45, 2.75) is 46.1 Å². The van der Waals surface area contributed by atoms with Gasteiger partial charge in [0.2, 0.25) is 0 Å². The van der Waals surface area contributed by atoms with Gasteiger partial charge in [0.1, 0.15) is 11.5 Å². The van der Waals surface area contributed by atoms with Crippen molar-refractivity contribution in [1.82, 2.24) is 9.80 Å². The molecule has 1 aromatic rings. The van der Waals surface area contributed by atoms with Gasteiger partial charge in [-0.15, -0.1) is 0 Å². The average Bonchev–Trinajstić information content (AvgIpc) is 2.65. The number of nitrogens with zero attached hydrogens (tertiary/aromatic N) is 2. The molecule has 0 saturated carbocycles. The van der Waals surface area contributed by atoms with Gasteiger partial charge in [-0.1, -0.05) is 0 Å². The minimum atomic E-state index is -0.868. The zero-order valence-corrected chi connectivity index (χ0v) is 16.3. The van der Waals surface area contributed by atoms with E-state index in [4.69, 9.17) is 9.84 Å². The second kappa shape index (κ2) is 7.08. The predicted octanol–water partition coefficient (Wildman–Crippen LogP) is 1.54. The van der Waals surface area contributed by atoms with Crippen molar-refractivity contribution in [3.8, 4) is 11.5 Å². The topological polar surface area (TPSA) is 73.2 Å². The number of phenolic OH excluding ortho intramolecular Hbond substituents is 1. The van der Waals surface area contributed by atoms with Crippen molar-refractivity contribution in [3.05, 3.63) is 22.3 Å². The molecule has 1 fully saturated rings. The van der Waals surface area contributed by atoms with Crippen LogP contribution in [0.2, 0.25) is 0 Å². The molecule has 0 aromatic heterocycles. The third-order valence-electron chi connectivity index (χ3n) is 6.05. The third kappa shape index (κ3) is 3.16. The Morgan fingerprint density at radius 3 is 2.38 bits per heavy atom. The number of phenols is 1. The zero-order chi connectivity index (χ0) is 19.1. The van der Waals surface area contributed by atoms with Crippen molar-refractivity contribution in [2.24, 2.45) is 0 Å². The molecule has 2 N–H and O–H groups in total. The van der Waals surface area contributed by atoms with E-state index in [1.165, 1.54) is 0 Å². The molecule has 6 heteroatoms. The number of ether oxygens (including phenoxy) is 1. The highest BCUT2D eigenvalue weighted by molar-refractivity contribution is 5.86. The smallest absolute Gasteiger partial charge is 0.266 e. The molecule has 1 amide bonds. The van der Waals surface area contributed by atoms with Crippen LogP contribution in [-0.4, -0.2) is 70.9 Å². The molecule has 26 heavy (non-hydrogen) atoms. The van der Waals surface area contributed by atoms with Gasteiger partial charge >= 0.3 is 0 Å². The van der Waals surface area contributed by atoms with E-state index < -0.39 is 5.60 Å². The summed E-state index contributed by atoms with van der Waals surface area (Å²) in [7, 11) is 0. The number of fused-ring (bicyclic) bond motifs is 1. The summed E-state index contributed by atoms with van der Waals surface area (Å²) >= 11 is 0. The number of carbonyl (C=O) groups is 1. The standard InChI is InChI=1S/C20H30N2O4/c1-13-14(2)18-16(15(3)17(13)24)5-6-20(4,26-18)19(25)22-9-7-21(8-10-22)11-12-23/h23-24H,5-12H2,1-4H3. The van der Waals surface area contributed by atoms with Crippen LogP contribution in [0.25, 0.3) is 0 Å². The number of piperazine rings is 1. The van der Waals surface area contributed by atoms with Gasteiger partial charge < -0.3 is 19.8 Å². The van der Waals surface area contributed by atoms with Crippen LogP contribution in [0.1, 0.15) is 35.6 Å². The molecule has 0 spiro atoms. The van der Waals surface area contributed by atoms with E-state index in [0.717, 1.165) is 47.5 Å². The largest absolute Gasteiger partial charge is 0.507 e. The number of aliphatic hydroxyl groups excluding tert-OH is 1. The lowest BCUT2D eigenvalue weighted by Crippen LogP contribution is -2.58. The average molecular weight is 362 g/mol. The molecule has 144 valence electrons. The van der Waals surface area contributed by atoms with Gasteiger partial charge in [-0.25, -0.2) is 0 Å². The monoisotopic (exact) mass is 362 g/mol. The Balaban J connectivity index is 1.80. The van der Waals surface area contributed by atoms with Crippen LogP contribution in [0.4, 0.5) is 0 Å². The van der Waals surface area contributed by atoms with Gasteiger partial charge in [0, 0.05) is 44.7 Å². The van der Waals surface area contributed by atoms with Gasteiger partial charge in [0.25, 0.3) is 5.91 Å². The van der Waals surface area contributed by atoms with Crippen LogP contribution in [0.3, 0.4) is 0 Å². The van der Waals surface area contributed by atoms with Crippen LogP contribution in [0.15, 0.2) is 0 Å². The Bertz CT molecular complexity index is 710. The maximum Gasteiger partial charge on any atom is 0.266 e. The van der Waals surface area contributed by atoms with Gasteiger partial charge in [-0.3, -0.25) is 9.69 Å². The number of benzene rings is 1. The molecule has 2 aliphatic heterocycles. The number of amides is 1. The van der Waals surface area contributed by atoms with E-state index in [1.54, 1.807) is 0 Å². The summed E-state index contributed by atoms with van der Waals surface area (Å²) in [6.45, 7) is 11.3. The summed E-state index contributed by atoms with van der Waals surface area (Å²) in [6.07, 6.45) is 1.33. The van der Waals surface area contributed by atoms with E-state index >= 15 is 0 Å². The number of aromatic hydroxyl groups is 1. The van der Waals surface area contributed by atoms with Crippen molar-refractivity contribution < 1.29 is 19.7 Å². The fraction of sp³-hybridized carbons (Fsp3) is 0.650. The summed E-state index contributed by atoms with van der Waals surface area (Å²) < 4.78 is 6.30. The maximum absolute atomic E-state index is 13.2. The molecular formula is C20H30N2O4. The molecule has 1 saturated heterocycles. The first-order valence-corrected chi connectivity index (χ1v) is 9.41. The van der Waals surface area contributed by atoms with E-state index in [0.29, 0.717) is 31.8 Å². The van der Waals surface area contributed by atoms with E-state index in [9.17, 15) is 9.90 Å². The highest BCUT2D eigenvalue weighted by atomic mass is 16.5. The molecule has 1 atom stereocenters. The molecule has 0 bridgehead atoms. The van der Waals surface area contributed by atoms with Crippen LogP contribution < -0.4 is 4.74 Å². The molecule has 0 radical (unpaired) electrons. The quantitative estimate of drug-likeness (QED) is 0.853. The molecule has 3 rings (SSSR count). The third-order valence-corrected chi connectivity index (χ3v) is 6.05. The summed E-state index contributed by atoms with van der Waals surface area (Å²) in [4.78, 5) is 17.2. The zero-order valence-electron chi connectivity index (χ0n) is 16.3. The van der Waals surface area contributed by atoms with Crippen LogP contribution in [-0.2, 0) is 11.2 Å². The maximum atomic E-state index is 13.2. The lowest BCUT2D eigenvalue weighted by molar-refractivity contribution is -0.150. The van der Waals surface area contributed by atoms with Crippen molar-refractivity contribution in [3.63, 3.8) is 0 Å². The second-order valence-corrected chi connectivity index (χ2v) is 7.72. The first-order valence-electron chi connectivity index (χ1n) is 9.41. The Hall–Kier alpha value is -1.79. The van der Waals surface area contributed by atoms with Crippen LogP contribution in [0.5, 0.6) is 11.5 Å².